The molecule has 2 aliphatic rings. The quantitative estimate of drug-likeness (QED) is 0.813. The van der Waals surface area contributed by atoms with Gasteiger partial charge in [-0.1, -0.05) is 6.07 Å². The third-order valence-corrected chi connectivity index (χ3v) is 5.33. The first-order chi connectivity index (χ1) is 13.0. The summed E-state index contributed by atoms with van der Waals surface area (Å²) in [6.45, 7) is 0.933. The van der Waals surface area contributed by atoms with Crippen LogP contribution >= 0.6 is 0 Å². The van der Waals surface area contributed by atoms with E-state index in [1.165, 1.54) is 18.2 Å². The number of hydrogen-bond donors (Lipinski definition) is 0. The first-order valence-electron chi connectivity index (χ1n) is 8.95. The minimum Gasteiger partial charge on any atom is -0.497 e. The summed E-state index contributed by atoms with van der Waals surface area (Å²) in [5.41, 5.74) is 0.291. The molecule has 0 N–H and O–H groups in total. The van der Waals surface area contributed by atoms with E-state index in [0.717, 1.165) is 0 Å². The molecule has 6 heteroatoms. The van der Waals surface area contributed by atoms with Gasteiger partial charge in [-0.2, -0.15) is 0 Å². The van der Waals surface area contributed by atoms with Crippen LogP contribution in [-0.4, -0.2) is 42.4 Å². The number of halogens is 1. The predicted molar refractivity (Wildman–Crippen MR) is 96.8 cm³/mol. The number of benzene rings is 2. The molecule has 4 rings (SSSR count). The normalized spacial score (nSPS) is 18.0. The van der Waals surface area contributed by atoms with E-state index in [-0.39, 0.29) is 18.1 Å². The zero-order valence-corrected chi connectivity index (χ0v) is 15.0. The number of ether oxygens (including phenoxy) is 2. The Morgan fingerprint density at radius 2 is 1.96 bits per heavy atom. The fourth-order valence-electron chi connectivity index (χ4n) is 3.80. The maximum atomic E-state index is 13.4. The SMILES string of the molecule is COc1ccc2c(c1)C(=O)CC1(CCN(C(=O)c3cccc(F)c3)CC1)O2. The summed E-state index contributed by atoms with van der Waals surface area (Å²) < 4.78 is 24.8. The topological polar surface area (TPSA) is 55.8 Å². The number of amides is 1. The van der Waals surface area contributed by atoms with Crippen molar-refractivity contribution in [3.63, 3.8) is 0 Å². The van der Waals surface area contributed by atoms with Crippen LogP contribution in [0.5, 0.6) is 11.5 Å². The second-order valence-electron chi connectivity index (χ2n) is 7.05. The van der Waals surface area contributed by atoms with Crippen molar-refractivity contribution in [2.75, 3.05) is 20.2 Å². The predicted octanol–water partition coefficient (Wildman–Crippen LogP) is 3.47. The van der Waals surface area contributed by atoms with Crippen LogP contribution in [0.25, 0.3) is 0 Å². The smallest absolute Gasteiger partial charge is 0.253 e. The monoisotopic (exact) mass is 369 g/mol. The Morgan fingerprint density at radius 1 is 1.19 bits per heavy atom. The van der Waals surface area contributed by atoms with Gasteiger partial charge in [-0.15, -0.1) is 0 Å². The summed E-state index contributed by atoms with van der Waals surface area (Å²) in [4.78, 5) is 26.9. The number of methoxy groups -OCH3 is 1. The molecule has 1 spiro atoms. The molecular weight excluding hydrogens is 349 g/mol. The van der Waals surface area contributed by atoms with E-state index in [9.17, 15) is 14.0 Å². The third kappa shape index (κ3) is 3.27. The van der Waals surface area contributed by atoms with E-state index in [2.05, 4.69) is 0 Å². The van der Waals surface area contributed by atoms with Gasteiger partial charge in [-0.05, 0) is 36.4 Å². The van der Waals surface area contributed by atoms with Crippen LogP contribution < -0.4 is 9.47 Å². The molecule has 0 saturated carbocycles. The maximum absolute atomic E-state index is 13.4. The van der Waals surface area contributed by atoms with Crippen LogP contribution in [0.3, 0.4) is 0 Å². The number of piperidine rings is 1. The van der Waals surface area contributed by atoms with Gasteiger partial charge in [0.05, 0.1) is 19.1 Å². The minimum atomic E-state index is -0.586. The molecule has 27 heavy (non-hydrogen) atoms. The Morgan fingerprint density at radius 3 is 2.67 bits per heavy atom. The summed E-state index contributed by atoms with van der Waals surface area (Å²) in [7, 11) is 1.56. The number of fused-ring (bicyclic) bond motifs is 1. The van der Waals surface area contributed by atoms with Gasteiger partial charge < -0.3 is 14.4 Å². The zero-order valence-electron chi connectivity index (χ0n) is 15.0. The number of carbonyl (C=O) groups excluding carboxylic acids is 2. The highest BCUT2D eigenvalue weighted by atomic mass is 19.1. The molecule has 140 valence electrons. The highest BCUT2D eigenvalue weighted by Gasteiger charge is 2.43. The molecule has 1 fully saturated rings. The Kier molecular flexibility index (Phi) is 4.34. The van der Waals surface area contributed by atoms with Gasteiger partial charge >= 0.3 is 0 Å². The standard InChI is InChI=1S/C21H20FNO4/c1-26-16-5-6-19-17(12-16)18(24)13-21(27-19)7-9-23(10-8-21)20(25)14-3-2-4-15(22)11-14/h2-6,11-12H,7-10,13H2,1H3. The number of ketones is 1. The van der Waals surface area contributed by atoms with E-state index < -0.39 is 11.4 Å². The number of nitrogens with zero attached hydrogens (tertiary/aromatic N) is 1. The summed E-state index contributed by atoms with van der Waals surface area (Å²) in [5, 5.41) is 0. The summed E-state index contributed by atoms with van der Waals surface area (Å²) in [5.74, 6) is 0.591. The van der Waals surface area contributed by atoms with E-state index in [0.29, 0.717) is 48.6 Å². The van der Waals surface area contributed by atoms with Crippen molar-refractivity contribution in [2.45, 2.75) is 24.9 Å². The molecule has 2 aromatic carbocycles. The van der Waals surface area contributed by atoms with E-state index in [4.69, 9.17) is 9.47 Å². The van der Waals surface area contributed by atoms with Gasteiger partial charge in [0.25, 0.3) is 5.91 Å². The first-order valence-corrected chi connectivity index (χ1v) is 8.95. The Hall–Kier alpha value is -2.89. The van der Waals surface area contributed by atoms with Crippen LogP contribution in [0, 0.1) is 5.82 Å². The maximum Gasteiger partial charge on any atom is 0.253 e. The number of rotatable bonds is 2. The van der Waals surface area contributed by atoms with Gasteiger partial charge in [0, 0.05) is 31.5 Å². The van der Waals surface area contributed by atoms with Crippen molar-refractivity contribution in [3.8, 4) is 11.5 Å². The molecule has 2 aromatic rings. The van der Waals surface area contributed by atoms with Gasteiger partial charge in [0.2, 0.25) is 0 Å². The summed E-state index contributed by atoms with van der Waals surface area (Å²) >= 11 is 0. The molecule has 0 atom stereocenters. The third-order valence-electron chi connectivity index (χ3n) is 5.33. The number of likely N-dealkylation sites (tertiary alicyclic amines) is 1. The Bertz CT molecular complexity index is 903. The number of hydrogen-bond acceptors (Lipinski definition) is 4. The largest absolute Gasteiger partial charge is 0.497 e. The number of carbonyl (C=O) groups is 2. The van der Waals surface area contributed by atoms with E-state index in [1.807, 2.05) is 0 Å². The molecule has 1 amide bonds. The minimum absolute atomic E-state index is 0.0278. The van der Waals surface area contributed by atoms with Gasteiger partial charge in [0.1, 0.15) is 22.9 Å². The molecule has 0 aromatic heterocycles. The first kappa shape index (κ1) is 17.5. The van der Waals surface area contributed by atoms with Crippen molar-refractivity contribution in [1.29, 1.82) is 0 Å². The average molecular weight is 369 g/mol. The summed E-state index contributed by atoms with van der Waals surface area (Å²) in [6, 6.07) is 10.9. The van der Waals surface area contributed by atoms with Gasteiger partial charge in [0.15, 0.2) is 5.78 Å². The average Bonchev–Trinajstić information content (AvgIpc) is 2.68. The highest BCUT2D eigenvalue weighted by molar-refractivity contribution is 6.01. The van der Waals surface area contributed by atoms with Crippen molar-refractivity contribution < 1.29 is 23.5 Å². The van der Waals surface area contributed by atoms with Crippen LogP contribution in [0.4, 0.5) is 4.39 Å². The van der Waals surface area contributed by atoms with Gasteiger partial charge in [-0.3, -0.25) is 9.59 Å². The van der Waals surface area contributed by atoms with Crippen molar-refractivity contribution >= 4 is 11.7 Å². The lowest BCUT2D eigenvalue weighted by molar-refractivity contribution is -0.00578. The lowest BCUT2D eigenvalue weighted by Crippen LogP contribution is -2.52. The van der Waals surface area contributed by atoms with E-state index >= 15 is 0 Å². The molecule has 2 heterocycles. The summed E-state index contributed by atoms with van der Waals surface area (Å²) in [6.07, 6.45) is 1.41. The Labute approximate surface area is 156 Å². The van der Waals surface area contributed by atoms with Crippen molar-refractivity contribution in [1.82, 2.24) is 4.90 Å². The molecule has 2 aliphatic heterocycles. The molecule has 5 nitrogen and oxygen atoms in total. The number of Topliss-reactive ketones (excluding diaryl/α,β-unsaturated/α-hetero) is 1. The molecule has 1 saturated heterocycles. The lowest BCUT2D eigenvalue weighted by Gasteiger charge is -2.44. The second kappa shape index (κ2) is 6.68. The van der Waals surface area contributed by atoms with Crippen LogP contribution in [0.15, 0.2) is 42.5 Å². The molecule has 0 bridgehead atoms. The Balaban J connectivity index is 1.48. The van der Waals surface area contributed by atoms with Crippen LogP contribution in [-0.2, 0) is 0 Å². The molecule has 0 unspecified atom stereocenters. The molecule has 0 aliphatic carbocycles. The highest BCUT2D eigenvalue weighted by Crippen LogP contribution is 2.40. The van der Waals surface area contributed by atoms with Gasteiger partial charge in [-0.25, -0.2) is 4.39 Å². The fourth-order valence-corrected chi connectivity index (χ4v) is 3.80. The fraction of sp³-hybridized carbons (Fsp3) is 0.333. The second-order valence-corrected chi connectivity index (χ2v) is 7.05. The van der Waals surface area contributed by atoms with Crippen molar-refractivity contribution in [3.05, 3.63) is 59.4 Å². The van der Waals surface area contributed by atoms with Crippen LogP contribution in [0.1, 0.15) is 40.0 Å². The molecule has 0 radical (unpaired) electrons. The van der Waals surface area contributed by atoms with Crippen molar-refractivity contribution in [2.24, 2.45) is 0 Å². The van der Waals surface area contributed by atoms with Crippen LogP contribution in [0.2, 0.25) is 0 Å². The zero-order chi connectivity index (χ0) is 19.0. The molecular formula is C21H20FNO4. The van der Waals surface area contributed by atoms with E-state index in [1.54, 1.807) is 36.3 Å². The lowest BCUT2D eigenvalue weighted by atomic mass is 9.82.